The highest BCUT2D eigenvalue weighted by Gasteiger charge is 2.07. The van der Waals surface area contributed by atoms with E-state index in [0.29, 0.717) is 11.8 Å². The molecule has 0 saturated carbocycles. The number of rotatable bonds is 5. The third-order valence-corrected chi connectivity index (χ3v) is 2.19. The molecule has 0 aliphatic carbocycles. The largest absolute Gasteiger partial charge is 0.504 e. The Hall–Kier alpha value is -2.04. The number of benzene rings is 1. The summed E-state index contributed by atoms with van der Waals surface area (Å²) < 4.78 is 5.24. The first-order valence-corrected chi connectivity index (χ1v) is 5.15. The van der Waals surface area contributed by atoms with Crippen LogP contribution < -0.4 is 4.74 Å². The van der Waals surface area contributed by atoms with Gasteiger partial charge in [0.05, 0.1) is 13.0 Å². The van der Waals surface area contributed by atoms with Crippen molar-refractivity contribution in [1.29, 1.82) is 0 Å². The Labute approximate surface area is 99.6 Å². The summed E-state index contributed by atoms with van der Waals surface area (Å²) in [7, 11) is 3.32. The Balaban J connectivity index is 2.57. The van der Waals surface area contributed by atoms with Crippen LogP contribution in [0.2, 0.25) is 0 Å². The SMILES string of the molecule is CN(C)C(=O)CCOc1cc(C=O)ccc1O. The van der Waals surface area contributed by atoms with Crippen molar-refractivity contribution in [2.24, 2.45) is 0 Å². The van der Waals surface area contributed by atoms with Crippen LogP contribution in [0.4, 0.5) is 0 Å². The van der Waals surface area contributed by atoms with Gasteiger partial charge in [-0.25, -0.2) is 0 Å². The summed E-state index contributed by atoms with van der Waals surface area (Å²) in [5.41, 5.74) is 0.414. The fourth-order valence-corrected chi connectivity index (χ4v) is 1.19. The van der Waals surface area contributed by atoms with E-state index in [-0.39, 0.29) is 30.4 Å². The number of nitrogens with zero attached hydrogens (tertiary/aromatic N) is 1. The Morgan fingerprint density at radius 2 is 2.18 bits per heavy atom. The molecule has 0 atom stereocenters. The predicted molar refractivity (Wildman–Crippen MR) is 62.3 cm³/mol. The molecule has 0 aliphatic rings. The van der Waals surface area contributed by atoms with Gasteiger partial charge in [-0.3, -0.25) is 9.59 Å². The van der Waals surface area contributed by atoms with Gasteiger partial charge in [0.15, 0.2) is 11.5 Å². The maximum absolute atomic E-state index is 11.3. The molecule has 0 unspecified atom stereocenters. The Kier molecular flexibility index (Phi) is 4.51. The topological polar surface area (TPSA) is 66.8 Å². The third kappa shape index (κ3) is 3.79. The Bertz CT molecular complexity index is 415. The number of carbonyl (C=O) groups is 2. The smallest absolute Gasteiger partial charge is 0.225 e. The molecule has 0 aliphatic heterocycles. The molecule has 1 amide bonds. The fraction of sp³-hybridized carbons (Fsp3) is 0.333. The lowest BCUT2D eigenvalue weighted by Crippen LogP contribution is -2.23. The molecule has 0 radical (unpaired) electrons. The van der Waals surface area contributed by atoms with Gasteiger partial charge < -0.3 is 14.7 Å². The standard InChI is InChI=1S/C12H15NO4/c1-13(2)12(16)5-6-17-11-7-9(8-14)3-4-10(11)15/h3-4,7-8,15H,5-6H2,1-2H3. The monoisotopic (exact) mass is 237 g/mol. The van der Waals surface area contributed by atoms with Crippen molar-refractivity contribution >= 4 is 12.2 Å². The van der Waals surface area contributed by atoms with E-state index in [9.17, 15) is 14.7 Å². The summed E-state index contributed by atoms with van der Waals surface area (Å²) in [6.07, 6.45) is 0.884. The number of carbonyl (C=O) groups excluding carboxylic acids is 2. The third-order valence-electron chi connectivity index (χ3n) is 2.19. The number of aromatic hydroxyl groups is 1. The van der Waals surface area contributed by atoms with Crippen LogP contribution in [0, 0.1) is 0 Å². The van der Waals surface area contributed by atoms with Crippen LogP contribution in [0.3, 0.4) is 0 Å². The first-order valence-electron chi connectivity index (χ1n) is 5.15. The van der Waals surface area contributed by atoms with Crippen LogP contribution in [-0.2, 0) is 4.79 Å². The molecule has 0 heterocycles. The highest BCUT2D eigenvalue weighted by Crippen LogP contribution is 2.26. The number of aldehydes is 1. The van der Waals surface area contributed by atoms with E-state index < -0.39 is 0 Å². The van der Waals surface area contributed by atoms with Gasteiger partial charge in [0.25, 0.3) is 0 Å². The van der Waals surface area contributed by atoms with E-state index in [1.165, 1.54) is 23.1 Å². The normalized spacial score (nSPS) is 9.76. The number of hydrogen-bond donors (Lipinski definition) is 1. The van der Waals surface area contributed by atoms with E-state index in [2.05, 4.69) is 0 Å². The van der Waals surface area contributed by atoms with Crippen molar-refractivity contribution in [1.82, 2.24) is 4.90 Å². The fourth-order valence-electron chi connectivity index (χ4n) is 1.19. The minimum Gasteiger partial charge on any atom is -0.504 e. The molecule has 1 rings (SSSR count). The summed E-state index contributed by atoms with van der Waals surface area (Å²) in [5, 5.41) is 9.47. The molecule has 0 spiro atoms. The van der Waals surface area contributed by atoms with Gasteiger partial charge in [0.2, 0.25) is 5.91 Å². The van der Waals surface area contributed by atoms with Crippen molar-refractivity contribution in [2.45, 2.75) is 6.42 Å². The highest BCUT2D eigenvalue weighted by atomic mass is 16.5. The summed E-state index contributed by atoms with van der Waals surface area (Å²) in [6.45, 7) is 0.160. The van der Waals surface area contributed by atoms with Crippen LogP contribution in [0.25, 0.3) is 0 Å². The number of phenols is 1. The van der Waals surface area contributed by atoms with Crippen LogP contribution in [-0.4, -0.2) is 42.9 Å². The molecular weight excluding hydrogens is 222 g/mol. The zero-order valence-corrected chi connectivity index (χ0v) is 9.84. The lowest BCUT2D eigenvalue weighted by Gasteiger charge is -2.11. The molecule has 92 valence electrons. The second kappa shape index (κ2) is 5.89. The van der Waals surface area contributed by atoms with E-state index >= 15 is 0 Å². The lowest BCUT2D eigenvalue weighted by atomic mass is 10.2. The highest BCUT2D eigenvalue weighted by molar-refractivity contribution is 5.76. The maximum atomic E-state index is 11.3. The minimum absolute atomic E-state index is 0.0482. The van der Waals surface area contributed by atoms with E-state index in [1.807, 2.05) is 0 Å². The molecule has 0 bridgehead atoms. The van der Waals surface area contributed by atoms with Crippen LogP contribution in [0.1, 0.15) is 16.8 Å². The summed E-state index contributed by atoms with van der Waals surface area (Å²) in [5.74, 6) is 0.102. The summed E-state index contributed by atoms with van der Waals surface area (Å²) in [4.78, 5) is 23.3. The van der Waals surface area contributed by atoms with Gasteiger partial charge in [-0.2, -0.15) is 0 Å². The van der Waals surface area contributed by atoms with Gasteiger partial charge in [-0.1, -0.05) is 0 Å². The van der Waals surface area contributed by atoms with Gasteiger partial charge in [0, 0.05) is 19.7 Å². The lowest BCUT2D eigenvalue weighted by molar-refractivity contribution is -0.129. The molecule has 0 fully saturated rings. The molecule has 1 aromatic rings. The van der Waals surface area contributed by atoms with E-state index in [1.54, 1.807) is 14.1 Å². The molecule has 5 nitrogen and oxygen atoms in total. The molecule has 1 N–H and O–H groups in total. The summed E-state index contributed by atoms with van der Waals surface area (Å²) in [6, 6.07) is 4.30. The van der Waals surface area contributed by atoms with Crippen LogP contribution in [0.5, 0.6) is 11.5 Å². The second-order valence-corrected chi connectivity index (χ2v) is 3.73. The van der Waals surface area contributed by atoms with Crippen molar-refractivity contribution in [3.63, 3.8) is 0 Å². The van der Waals surface area contributed by atoms with Gasteiger partial charge >= 0.3 is 0 Å². The number of hydrogen-bond acceptors (Lipinski definition) is 4. The molecular formula is C12H15NO4. The van der Waals surface area contributed by atoms with Crippen molar-refractivity contribution in [3.05, 3.63) is 23.8 Å². The Morgan fingerprint density at radius 3 is 2.76 bits per heavy atom. The van der Waals surface area contributed by atoms with Crippen LogP contribution in [0.15, 0.2) is 18.2 Å². The summed E-state index contributed by atoms with van der Waals surface area (Å²) >= 11 is 0. The first kappa shape index (κ1) is 13.0. The number of ether oxygens (including phenoxy) is 1. The second-order valence-electron chi connectivity index (χ2n) is 3.73. The molecule has 1 aromatic carbocycles. The zero-order valence-electron chi connectivity index (χ0n) is 9.84. The molecule has 0 aromatic heterocycles. The molecule has 0 saturated heterocycles. The van der Waals surface area contributed by atoms with E-state index in [0.717, 1.165) is 0 Å². The Morgan fingerprint density at radius 1 is 1.47 bits per heavy atom. The van der Waals surface area contributed by atoms with E-state index in [4.69, 9.17) is 4.74 Å². The predicted octanol–water partition coefficient (Wildman–Crippen LogP) is 1.06. The average Bonchev–Trinajstić information content (AvgIpc) is 2.31. The average molecular weight is 237 g/mol. The zero-order chi connectivity index (χ0) is 12.8. The van der Waals surface area contributed by atoms with Crippen LogP contribution >= 0.6 is 0 Å². The number of phenolic OH excluding ortho intramolecular Hbond substituents is 1. The van der Waals surface area contributed by atoms with Crippen molar-refractivity contribution in [2.75, 3.05) is 20.7 Å². The van der Waals surface area contributed by atoms with Crippen molar-refractivity contribution in [3.8, 4) is 11.5 Å². The maximum Gasteiger partial charge on any atom is 0.225 e. The van der Waals surface area contributed by atoms with Crippen molar-refractivity contribution < 1.29 is 19.4 Å². The first-order chi connectivity index (χ1) is 8.04. The number of amides is 1. The van der Waals surface area contributed by atoms with Gasteiger partial charge in [-0.05, 0) is 18.2 Å². The quantitative estimate of drug-likeness (QED) is 0.778. The van der Waals surface area contributed by atoms with Gasteiger partial charge in [0.1, 0.15) is 6.29 Å². The molecule has 17 heavy (non-hydrogen) atoms. The molecule has 5 heteroatoms. The minimum atomic E-state index is -0.0592. The van der Waals surface area contributed by atoms with Gasteiger partial charge in [-0.15, -0.1) is 0 Å².